The summed E-state index contributed by atoms with van der Waals surface area (Å²) in [6.07, 6.45) is -2.79. The molecule has 2 aromatic rings. The second kappa shape index (κ2) is 7.05. The fraction of sp³-hybridized carbons (Fsp3) is 0.375. The third-order valence-corrected chi connectivity index (χ3v) is 4.54. The maximum Gasteiger partial charge on any atom is 0.416 e. The van der Waals surface area contributed by atoms with Crippen LogP contribution in [0, 0.1) is 0 Å². The van der Waals surface area contributed by atoms with Crippen LogP contribution < -0.4 is 10.5 Å². The Kier molecular flexibility index (Phi) is 5.01. The maximum atomic E-state index is 12.6. The molecule has 0 atom stereocenters. The average Bonchev–Trinajstić information content (AvgIpc) is 2.58. The highest BCUT2D eigenvalue weighted by Crippen LogP contribution is 2.29. The van der Waals surface area contributed by atoms with Gasteiger partial charge in [0.25, 0.3) is 5.56 Å². The van der Waals surface area contributed by atoms with E-state index in [1.54, 1.807) is 0 Å². The number of halogens is 4. The Morgan fingerprint density at radius 2 is 1.76 bits per heavy atom. The minimum absolute atomic E-state index is 0.117. The largest absolute Gasteiger partial charge is 0.416 e. The predicted molar refractivity (Wildman–Crippen MR) is 88.8 cm³/mol. The number of anilines is 1. The van der Waals surface area contributed by atoms with Crippen molar-refractivity contribution in [3.8, 4) is 0 Å². The number of aromatic amines is 1. The molecule has 134 valence electrons. The molecule has 1 saturated heterocycles. The molecule has 0 bridgehead atoms. The lowest BCUT2D eigenvalue weighted by molar-refractivity contribution is -0.137. The van der Waals surface area contributed by atoms with E-state index in [-0.39, 0.29) is 5.02 Å². The van der Waals surface area contributed by atoms with Gasteiger partial charge in [0, 0.05) is 32.7 Å². The second-order valence-corrected chi connectivity index (χ2v) is 6.23. The zero-order valence-electron chi connectivity index (χ0n) is 13.2. The van der Waals surface area contributed by atoms with Gasteiger partial charge in [-0.05, 0) is 17.7 Å². The van der Waals surface area contributed by atoms with E-state index in [2.05, 4.69) is 15.1 Å². The molecule has 9 heteroatoms. The lowest BCUT2D eigenvalue weighted by atomic mass is 10.1. The summed E-state index contributed by atoms with van der Waals surface area (Å²) < 4.78 is 37.8. The van der Waals surface area contributed by atoms with Gasteiger partial charge in [-0.15, -0.1) is 0 Å². The summed E-state index contributed by atoms with van der Waals surface area (Å²) >= 11 is 6.01. The summed E-state index contributed by atoms with van der Waals surface area (Å²) in [6.45, 7) is 3.32. The summed E-state index contributed by atoms with van der Waals surface area (Å²) in [4.78, 5) is 15.6. The van der Waals surface area contributed by atoms with E-state index < -0.39 is 17.3 Å². The van der Waals surface area contributed by atoms with Crippen LogP contribution in [0.3, 0.4) is 0 Å². The fourth-order valence-electron chi connectivity index (χ4n) is 2.80. The summed E-state index contributed by atoms with van der Waals surface area (Å²) in [5, 5.41) is 6.16. The van der Waals surface area contributed by atoms with Crippen molar-refractivity contribution in [2.45, 2.75) is 12.7 Å². The number of aromatic nitrogens is 2. The van der Waals surface area contributed by atoms with Gasteiger partial charge in [0.2, 0.25) is 0 Å². The van der Waals surface area contributed by atoms with E-state index in [1.165, 1.54) is 18.3 Å². The number of rotatable bonds is 3. The Balaban J connectivity index is 1.59. The first-order chi connectivity index (χ1) is 11.8. The van der Waals surface area contributed by atoms with Crippen LogP contribution in [0.25, 0.3) is 0 Å². The van der Waals surface area contributed by atoms with E-state index in [0.29, 0.717) is 38.4 Å². The molecule has 0 amide bonds. The van der Waals surface area contributed by atoms with E-state index in [1.807, 2.05) is 4.90 Å². The molecule has 0 unspecified atom stereocenters. The third-order valence-electron chi connectivity index (χ3n) is 4.18. The second-order valence-electron chi connectivity index (χ2n) is 5.86. The monoisotopic (exact) mass is 372 g/mol. The van der Waals surface area contributed by atoms with E-state index in [4.69, 9.17) is 11.6 Å². The molecule has 1 aliphatic heterocycles. The van der Waals surface area contributed by atoms with Crippen molar-refractivity contribution < 1.29 is 13.2 Å². The summed E-state index contributed by atoms with van der Waals surface area (Å²) in [7, 11) is 0. The summed E-state index contributed by atoms with van der Waals surface area (Å²) in [5.74, 6) is 0. The van der Waals surface area contributed by atoms with Crippen molar-refractivity contribution in [1.82, 2.24) is 15.1 Å². The molecule has 1 aromatic carbocycles. The van der Waals surface area contributed by atoms with Crippen LogP contribution in [-0.2, 0) is 12.7 Å². The van der Waals surface area contributed by atoms with Crippen LogP contribution in [0.1, 0.15) is 11.1 Å². The standard InChI is InChI=1S/C16H16ClF3N4O/c17-14-13(9-21-22-15(14)25)24-7-5-23(6-8-24)10-11-1-3-12(4-2-11)16(18,19)20/h1-4,9H,5-8,10H2,(H,22,25). The highest BCUT2D eigenvalue weighted by Gasteiger charge is 2.30. The maximum absolute atomic E-state index is 12.6. The SMILES string of the molecule is O=c1[nH]ncc(N2CCN(Cc3ccc(C(F)(F)F)cc3)CC2)c1Cl. The normalized spacial score (nSPS) is 16.2. The van der Waals surface area contributed by atoms with Gasteiger partial charge in [-0.1, -0.05) is 23.7 Å². The van der Waals surface area contributed by atoms with Crippen molar-refractivity contribution in [2.75, 3.05) is 31.1 Å². The van der Waals surface area contributed by atoms with E-state index in [0.717, 1.165) is 17.7 Å². The Morgan fingerprint density at radius 3 is 2.36 bits per heavy atom. The number of H-pyrrole nitrogens is 1. The van der Waals surface area contributed by atoms with Crippen LogP contribution in [0.4, 0.5) is 18.9 Å². The first-order valence-corrected chi connectivity index (χ1v) is 8.09. The molecule has 5 nitrogen and oxygen atoms in total. The van der Waals surface area contributed by atoms with Gasteiger partial charge >= 0.3 is 6.18 Å². The highest BCUT2D eigenvalue weighted by atomic mass is 35.5. The number of hydrogen-bond donors (Lipinski definition) is 1. The molecule has 0 spiro atoms. The number of piperazine rings is 1. The minimum atomic E-state index is -4.31. The number of alkyl halides is 3. The molecular formula is C16H16ClF3N4O. The zero-order chi connectivity index (χ0) is 18.0. The Labute approximate surface area is 147 Å². The number of nitrogens with one attached hydrogen (secondary N) is 1. The van der Waals surface area contributed by atoms with Crippen molar-refractivity contribution >= 4 is 17.3 Å². The van der Waals surface area contributed by atoms with Gasteiger partial charge in [0.15, 0.2) is 0 Å². The minimum Gasteiger partial charge on any atom is -0.366 e. The van der Waals surface area contributed by atoms with Crippen LogP contribution in [0.15, 0.2) is 35.3 Å². The average molecular weight is 373 g/mol. The molecule has 1 fully saturated rings. The van der Waals surface area contributed by atoms with Gasteiger partial charge in [-0.2, -0.15) is 18.3 Å². The van der Waals surface area contributed by atoms with Crippen molar-refractivity contribution in [2.24, 2.45) is 0 Å². The van der Waals surface area contributed by atoms with Crippen LogP contribution in [-0.4, -0.2) is 41.3 Å². The molecule has 1 N–H and O–H groups in total. The van der Waals surface area contributed by atoms with Gasteiger partial charge in [-0.25, -0.2) is 5.10 Å². The van der Waals surface area contributed by atoms with Crippen molar-refractivity contribution in [1.29, 1.82) is 0 Å². The molecule has 0 radical (unpaired) electrons. The first kappa shape index (κ1) is 17.8. The fourth-order valence-corrected chi connectivity index (χ4v) is 3.01. The smallest absolute Gasteiger partial charge is 0.366 e. The molecule has 3 rings (SSSR count). The predicted octanol–water partition coefficient (Wildman–Crippen LogP) is 2.76. The molecule has 1 aromatic heterocycles. The Bertz CT molecular complexity index is 783. The lowest BCUT2D eigenvalue weighted by Gasteiger charge is -2.36. The number of benzene rings is 1. The van der Waals surface area contributed by atoms with Crippen LogP contribution in [0.5, 0.6) is 0 Å². The first-order valence-electron chi connectivity index (χ1n) is 7.71. The number of hydrogen-bond acceptors (Lipinski definition) is 4. The zero-order valence-corrected chi connectivity index (χ0v) is 13.9. The highest BCUT2D eigenvalue weighted by molar-refractivity contribution is 6.32. The Morgan fingerprint density at radius 1 is 1.12 bits per heavy atom. The van der Waals surface area contributed by atoms with Crippen molar-refractivity contribution in [3.05, 3.63) is 57.0 Å². The number of nitrogens with zero attached hydrogens (tertiary/aromatic N) is 3. The molecular weight excluding hydrogens is 357 g/mol. The third kappa shape index (κ3) is 4.13. The van der Waals surface area contributed by atoms with Gasteiger partial charge < -0.3 is 4.90 Å². The topological polar surface area (TPSA) is 52.2 Å². The summed E-state index contributed by atoms with van der Waals surface area (Å²) in [6, 6.07) is 5.22. The van der Waals surface area contributed by atoms with Gasteiger partial charge in [0.1, 0.15) is 5.02 Å². The van der Waals surface area contributed by atoms with Crippen LogP contribution in [0.2, 0.25) is 5.02 Å². The lowest BCUT2D eigenvalue weighted by Crippen LogP contribution is -2.46. The molecule has 0 saturated carbocycles. The van der Waals surface area contributed by atoms with E-state index in [9.17, 15) is 18.0 Å². The molecule has 1 aliphatic rings. The molecule has 0 aliphatic carbocycles. The quantitative estimate of drug-likeness (QED) is 0.900. The molecule has 2 heterocycles. The van der Waals surface area contributed by atoms with Gasteiger partial charge in [0.05, 0.1) is 17.4 Å². The van der Waals surface area contributed by atoms with Crippen LogP contribution >= 0.6 is 11.6 Å². The Hall–Kier alpha value is -2.06. The summed E-state index contributed by atoms with van der Waals surface area (Å²) in [5.41, 5.74) is 0.362. The molecule has 25 heavy (non-hydrogen) atoms. The van der Waals surface area contributed by atoms with Crippen molar-refractivity contribution in [3.63, 3.8) is 0 Å². The van der Waals surface area contributed by atoms with E-state index >= 15 is 0 Å². The van der Waals surface area contributed by atoms with Gasteiger partial charge in [-0.3, -0.25) is 9.69 Å².